The van der Waals surface area contributed by atoms with Crippen molar-refractivity contribution in [2.45, 2.75) is 17.7 Å². The number of likely N-dealkylation sites (N-methyl/N-ethyl adjacent to an activating group) is 1. The van der Waals surface area contributed by atoms with E-state index in [-0.39, 0.29) is 10.8 Å². The fraction of sp³-hybridized carbons (Fsp3) is 0.350. The summed E-state index contributed by atoms with van der Waals surface area (Å²) in [6.45, 7) is 1.74. The van der Waals surface area contributed by atoms with Crippen molar-refractivity contribution in [3.8, 4) is 5.75 Å². The van der Waals surface area contributed by atoms with Crippen molar-refractivity contribution in [1.29, 1.82) is 0 Å². The molecule has 1 aliphatic heterocycles. The van der Waals surface area contributed by atoms with E-state index in [2.05, 4.69) is 0 Å². The molecule has 0 radical (unpaired) electrons. The number of hydrogen-bond donors (Lipinski definition) is 0. The molecular weight excluding hydrogens is 400 g/mol. The first-order valence-electron chi connectivity index (χ1n) is 9.12. The van der Waals surface area contributed by atoms with Gasteiger partial charge in [0.05, 0.1) is 11.4 Å². The van der Waals surface area contributed by atoms with Gasteiger partial charge in [0.15, 0.2) is 0 Å². The van der Waals surface area contributed by atoms with Crippen LogP contribution in [-0.4, -0.2) is 56.8 Å². The Morgan fingerprint density at radius 2 is 1.82 bits per heavy atom. The van der Waals surface area contributed by atoms with E-state index in [1.807, 2.05) is 0 Å². The zero-order valence-electron chi connectivity index (χ0n) is 15.7. The highest BCUT2D eigenvalue weighted by Gasteiger charge is 2.27. The summed E-state index contributed by atoms with van der Waals surface area (Å²) in [7, 11) is -1.89. The first-order valence-corrected chi connectivity index (χ1v) is 10.9. The minimum absolute atomic E-state index is 0.158. The van der Waals surface area contributed by atoms with Gasteiger partial charge in [-0.05, 0) is 55.3 Å². The number of amides is 1. The van der Waals surface area contributed by atoms with E-state index in [1.54, 1.807) is 43.4 Å². The Kier molecular flexibility index (Phi) is 6.59. The molecule has 0 N–H and O–H groups in total. The van der Waals surface area contributed by atoms with Gasteiger partial charge in [-0.3, -0.25) is 4.79 Å². The Bertz CT molecular complexity index is 925. The Hall–Kier alpha value is -2.09. The molecule has 2 aromatic carbocycles. The van der Waals surface area contributed by atoms with Crippen LogP contribution in [0.15, 0.2) is 53.4 Å². The van der Waals surface area contributed by atoms with Gasteiger partial charge >= 0.3 is 0 Å². The summed E-state index contributed by atoms with van der Waals surface area (Å²) in [6, 6.07) is 13.2. The number of carbonyl (C=O) groups is 1. The van der Waals surface area contributed by atoms with Gasteiger partial charge in [0.2, 0.25) is 10.0 Å². The highest BCUT2D eigenvalue weighted by Crippen LogP contribution is 2.22. The summed E-state index contributed by atoms with van der Waals surface area (Å²) in [6.07, 6.45) is 1.74. The number of halogens is 1. The van der Waals surface area contributed by atoms with E-state index >= 15 is 0 Å². The Morgan fingerprint density at radius 1 is 1.14 bits per heavy atom. The van der Waals surface area contributed by atoms with Crippen LogP contribution < -0.4 is 4.74 Å². The smallest absolute Gasteiger partial charge is 0.253 e. The van der Waals surface area contributed by atoms with Crippen LogP contribution in [0.2, 0.25) is 5.02 Å². The number of hydrogen-bond acceptors (Lipinski definition) is 4. The number of ether oxygens (including phenoxy) is 1. The fourth-order valence-corrected chi connectivity index (χ4v) is 4.71. The van der Waals surface area contributed by atoms with Crippen LogP contribution in [0.5, 0.6) is 5.75 Å². The lowest BCUT2D eigenvalue weighted by molar-refractivity contribution is 0.0773. The molecule has 6 nitrogen and oxygen atoms in total. The van der Waals surface area contributed by atoms with Gasteiger partial charge in [0, 0.05) is 30.7 Å². The van der Waals surface area contributed by atoms with Gasteiger partial charge in [-0.15, -0.1) is 0 Å². The van der Waals surface area contributed by atoms with Gasteiger partial charge in [0.1, 0.15) is 12.4 Å². The molecule has 0 aliphatic carbocycles. The number of nitrogens with zero attached hydrogens (tertiary/aromatic N) is 2. The Morgan fingerprint density at radius 3 is 2.50 bits per heavy atom. The topological polar surface area (TPSA) is 66.9 Å². The van der Waals surface area contributed by atoms with Gasteiger partial charge in [-0.1, -0.05) is 17.7 Å². The quantitative estimate of drug-likeness (QED) is 0.686. The first-order chi connectivity index (χ1) is 13.4. The van der Waals surface area contributed by atoms with Crippen LogP contribution in [0.3, 0.4) is 0 Å². The molecule has 0 aromatic heterocycles. The van der Waals surface area contributed by atoms with E-state index in [0.29, 0.717) is 42.6 Å². The fourth-order valence-electron chi connectivity index (χ4n) is 3.02. The number of carbonyl (C=O) groups excluding carboxylic acids is 1. The van der Waals surface area contributed by atoms with Crippen molar-refractivity contribution < 1.29 is 17.9 Å². The summed E-state index contributed by atoms with van der Waals surface area (Å²) < 4.78 is 32.5. The van der Waals surface area contributed by atoms with Crippen molar-refractivity contribution in [1.82, 2.24) is 9.21 Å². The van der Waals surface area contributed by atoms with Gasteiger partial charge < -0.3 is 9.64 Å². The van der Waals surface area contributed by atoms with Crippen LogP contribution in [-0.2, 0) is 10.0 Å². The summed E-state index contributed by atoms with van der Waals surface area (Å²) in [5.41, 5.74) is 0.342. The van der Waals surface area contributed by atoms with E-state index in [4.69, 9.17) is 16.3 Å². The number of benzene rings is 2. The SMILES string of the molecule is CN(CCOc1ccc(Cl)cc1)C(=O)c1cccc(S(=O)(=O)N2CCCC2)c1. The second-order valence-electron chi connectivity index (χ2n) is 6.67. The second kappa shape index (κ2) is 8.94. The second-order valence-corrected chi connectivity index (χ2v) is 9.04. The maximum absolute atomic E-state index is 12.7. The molecule has 0 spiro atoms. The molecule has 150 valence electrons. The molecule has 3 rings (SSSR count). The van der Waals surface area contributed by atoms with Crippen molar-refractivity contribution in [2.24, 2.45) is 0 Å². The highest BCUT2D eigenvalue weighted by atomic mass is 35.5. The highest BCUT2D eigenvalue weighted by molar-refractivity contribution is 7.89. The first kappa shape index (κ1) is 20.6. The third-order valence-electron chi connectivity index (χ3n) is 4.64. The predicted molar refractivity (Wildman–Crippen MR) is 108 cm³/mol. The van der Waals surface area contributed by atoms with E-state index in [1.165, 1.54) is 21.3 Å². The van der Waals surface area contributed by atoms with E-state index in [0.717, 1.165) is 12.8 Å². The maximum Gasteiger partial charge on any atom is 0.253 e. The lowest BCUT2D eigenvalue weighted by Gasteiger charge is -2.19. The van der Waals surface area contributed by atoms with Crippen LogP contribution in [0.25, 0.3) is 0 Å². The van der Waals surface area contributed by atoms with Gasteiger partial charge in [0.25, 0.3) is 5.91 Å². The molecule has 28 heavy (non-hydrogen) atoms. The molecule has 1 heterocycles. The Labute approximate surface area is 170 Å². The number of rotatable bonds is 7. The molecule has 1 fully saturated rings. The summed E-state index contributed by atoms with van der Waals surface area (Å²) >= 11 is 5.84. The van der Waals surface area contributed by atoms with Crippen molar-refractivity contribution >= 4 is 27.5 Å². The predicted octanol–water partition coefficient (Wildman–Crippen LogP) is 3.28. The summed E-state index contributed by atoms with van der Waals surface area (Å²) in [5, 5.41) is 0.628. The molecule has 2 aromatic rings. The molecule has 0 unspecified atom stereocenters. The third-order valence-corrected chi connectivity index (χ3v) is 6.79. The van der Waals surface area contributed by atoms with Gasteiger partial charge in [-0.2, -0.15) is 4.31 Å². The maximum atomic E-state index is 12.7. The molecule has 8 heteroatoms. The minimum atomic E-state index is -3.55. The molecule has 1 saturated heterocycles. The third kappa shape index (κ3) is 4.84. The summed E-state index contributed by atoms with van der Waals surface area (Å²) in [5.74, 6) is 0.419. The van der Waals surface area contributed by atoms with Crippen LogP contribution in [0, 0.1) is 0 Å². The monoisotopic (exact) mass is 422 g/mol. The van der Waals surface area contributed by atoms with Crippen LogP contribution >= 0.6 is 11.6 Å². The largest absolute Gasteiger partial charge is 0.492 e. The van der Waals surface area contributed by atoms with Crippen molar-refractivity contribution in [3.05, 3.63) is 59.1 Å². The average Bonchev–Trinajstić information content (AvgIpc) is 3.24. The minimum Gasteiger partial charge on any atom is -0.492 e. The summed E-state index contributed by atoms with van der Waals surface area (Å²) in [4.78, 5) is 14.3. The zero-order valence-corrected chi connectivity index (χ0v) is 17.2. The Balaban J connectivity index is 1.62. The molecule has 1 amide bonds. The molecule has 0 bridgehead atoms. The number of sulfonamides is 1. The standard InChI is InChI=1S/C20H23ClN2O4S/c1-22(13-14-27-18-9-7-17(21)8-10-18)20(24)16-5-4-6-19(15-16)28(25,26)23-11-2-3-12-23/h4-10,15H,2-3,11-14H2,1H3. The molecular formula is C20H23ClN2O4S. The zero-order chi connectivity index (χ0) is 20.1. The molecule has 1 aliphatic rings. The van der Waals surface area contributed by atoms with Crippen LogP contribution in [0.4, 0.5) is 0 Å². The molecule has 0 atom stereocenters. The average molecular weight is 423 g/mol. The van der Waals surface area contributed by atoms with Crippen LogP contribution in [0.1, 0.15) is 23.2 Å². The lowest BCUT2D eigenvalue weighted by atomic mass is 10.2. The van der Waals surface area contributed by atoms with E-state index < -0.39 is 10.0 Å². The van der Waals surface area contributed by atoms with Crippen molar-refractivity contribution in [2.75, 3.05) is 33.3 Å². The van der Waals surface area contributed by atoms with E-state index in [9.17, 15) is 13.2 Å². The normalized spacial score (nSPS) is 14.8. The van der Waals surface area contributed by atoms with Crippen molar-refractivity contribution in [3.63, 3.8) is 0 Å². The van der Waals surface area contributed by atoms with Gasteiger partial charge in [-0.25, -0.2) is 8.42 Å². The molecule has 0 saturated carbocycles. The lowest BCUT2D eigenvalue weighted by Crippen LogP contribution is -2.31.